The van der Waals surface area contributed by atoms with Crippen molar-refractivity contribution < 1.29 is 18.0 Å². The molecular weight excluding hydrogens is 407 g/mol. The minimum Gasteiger partial charge on any atom is -0.404 e. The van der Waals surface area contributed by atoms with Crippen LogP contribution < -0.4 is 16.4 Å². The lowest BCUT2D eigenvalue weighted by Crippen LogP contribution is -2.19. The van der Waals surface area contributed by atoms with E-state index < -0.39 is 17.8 Å². The maximum absolute atomic E-state index is 12.7. The smallest absolute Gasteiger partial charge is 0.404 e. The Morgan fingerprint density at radius 1 is 1.13 bits per heavy atom. The molecule has 9 heteroatoms. The predicted molar refractivity (Wildman–Crippen MR) is 118 cm³/mol. The summed E-state index contributed by atoms with van der Waals surface area (Å²) in [5, 5.41) is 5.97. The number of nitrogens with two attached hydrogens (primary N) is 1. The topological polar surface area (TPSA) is 95.3 Å². The second-order valence-electron chi connectivity index (χ2n) is 7.11. The average molecular weight is 429 g/mol. The molecular formula is C22H22F3N5O. The van der Waals surface area contributed by atoms with E-state index in [1.54, 1.807) is 12.4 Å². The van der Waals surface area contributed by atoms with Gasteiger partial charge in [0.25, 0.3) is 0 Å². The number of fused-ring (bicyclic) bond motifs is 1. The Morgan fingerprint density at radius 2 is 1.84 bits per heavy atom. The highest BCUT2D eigenvalue weighted by Gasteiger charge is 2.30. The van der Waals surface area contributed by atoms with Crippen LogP contribution in [0.4, 0.5) is 29.3 Å². The lowest BCUT2D eigenvalue weighted by atomic mass is 10.1. The molecule has 0 fully saturated rings. The van der Waals surface area contributed by atoms with Crippen LogP contribution in [0.15, 0.2) is 59.9 Å². The van der Waals surface area contributed by atoms with Gasteiger partial charge in [0.2, 0.25) is 0 Å². The molecule has 0 aliphatic rings. The van der Waals surface area contributed by atoms with Gasteiger partial charge in [-0.1, -0.05) is 6.07 Å². The van der Waals surface area contributed by atoms with Gasteiger partial charge in [0, 0.05) is 46.8 Å². The number of nitrogens with zero attached hydrogens (tertiary/aromatic N) is 1. The van der Waals surface area contributed by atoms with Crippen molar-refractivity contribution in [3.05, 3.63) is 66.0 Å². The van der Waals surface area contributed by atoms with Gasteiger partial charge in [0.05, 0.1) is 11.3 Å². The van der Waals surface area contributed by atoms with Crippen LogP contribution in [0.25, 0.3) is 16.5 Å². The zero-order chi connectivity index (χ0) is 22.6. The number of amides is 2. The van der Waals surface area contributed by atoms with Gasteiger partial charge in [-0.2, -0.15) is 13.2 Å². The number of H-pyrrole nitrogens is 1. The molecule has 3 aromatic rings. The van der Waals surface area contributed by atoms with Crippen LogP contribution in [0.5, 0.6) is 0 Å². The van der Waals surface area contributed by atoms with E-state index in [1.165, 1.54) is 18.3 Å². The first kappa shape index (κ1) is 21.9. The van der Waals surface area contributed by atoms with Crippen LogP contribution in [-0.2, 0) is 6.18 Å². The van der Waals surface area contributed by atoms with Crippen molar-refractivity contribution in [3.8, 4) is 0 Å². The first-order valence-corrected chi connectivity index (χ1v) is 9.49. The average Bonchev–Trinajstić information content (AvgIpc) is 3.10. The molecule has 31 heavy (non-hydrogen) atoms. The third-order valence-electron chi connectivity index (χ3n) is 4.42. The number of aromatic amines is 1. The SMILES string of the molecule is CC(C)N=C/C(=C\N)c1ccc2[nH]cc(NC(=O)Nc3ccc(C(F)(F)F)cc3)c2c1. The quantitative estimate of drug-likeness (QED) is 0.397. The Balaban J connectivity index is 1.77. The number of urea groups is 1. The number of anilines is 2. The molecule has 0 spiro atoms. The largest absolute Gasteiger partial charge is 0.416 e. The minimum atomic E-state index is -4.43. The Kier molecular flexibility index (Phi) is 6.33. The number of rotatable bonds is 5. The van der Waals surface area contributed by atoms with Crippen molar-refractivity contribution >= 4 is 40.1 Å². The van der Waals surface area contributed by atoms with Gasteiger partial charge in [-0.3, -0.25) is 4.99 Å². The molecule has 0 saturated heterocycles. The third kappa shape index (κ3) is 5.44. The number of hydrogen-bond donors (Lipinski definition) is 4. The van der Waals surface area contributed by atoms with E-state index in [9.17, 15) is 18.0 Å². The van der Waals surface area contributed by atoms with E-state index in [4.69, 9.17) is 5.73 Å². The third-order valence-corrected chi connectivity index (χ3v) is 4.42. The highest BCUT2D eigenvalue weighted by molar-refractivity contribution is 6.12. The summed E-state index contributed by atoms with van der Waals surface area (Å²) < 4.78 is 38.0. The lowest BCUT2D eigenvalue weighted by Gasteiger charge is -2.10. The van der Waals surface area contributed by atoms with Gasteiger partial charge in [0.1, 0.15) is 0 Å². The molecule has 0 aliphatic carbocycles. The fourth-order valence-corrected chi connectivity index (χ4v) is 2.87. The zero-order valence-corrected chi connectivity index (χ0v) is 16.9. The number of aliphatic imine (C=N–C) groups is 1. The molecule has 6 nitrogen and oxygen atoms in total. The molecule has 1 heterocycles. The number of allylic oxidation sites excluding steroid dienone is 1. The zero-order valence-electron chi connectivity index (χ0n) is 16.9. The molecule has 1 aromatic heterocycles. The van der Waals surface area contributed by atoms with E-state index in [1.807, 2.05) is 32.0 Å². The Morgan fingerprint density at radius 3 is 2.45 bits per heavy atom. The summed E-state index contributed by atoms with van der Waals surface area (Å²) in [5.74, 6) is 0. The van der Waals surface area contributed by atoms with E-state index >= 15 is 0 Å². The molecule has 5 N–H and O–H groups in total. The van der Waals surface area contributed by atoms with Crippen LogP contribution in [0.1, 0.15) is 25.0 Å². The molecule has 0 unspecified atom stereocenters. The van der Waals surface area contributed by atoms with Crippen LogP contribution in [0, 0.1) is 0 Å². The standard InChI is InChI=1S/C22H22F3N5O/c1-13(2)27-11-15(10-26)14-3-8-19-18(9-14)20(12-28-19)30-21(31)29-17-6-4-16(5-7-17)22(23,24)25/h3-13,28H,26H2,1-2H3,(H2,29,30,31)/b15-10+,27-11?. The highest BCUT2D eigenvalue weighted by Crippen LogP contribution is 2.30. The summed E-state index contributed by atoms with van der Waals surface area (Å²) in [6.45, 7) is 3.91. The predicted octanol–water partition coefficient (Wildman–Crippen LogP) is 5.61. The van der Waals surface area contributed by atoms with Gasteiger partial charge in [-0.05, 0) is 55.8 Å². The maximum Gasteiger partial charge on any atom is 0.416 e. The van der Waals surface area contributed by atoms with Crippen molar-refractivity contribution in [1.29, 1.82) is 0 Å². The summed E-state index contributed by atoms with van der Waals surface area (Å²) in [4.78, 5) is 19.8. The molecule has 2 amide bonds. The van der Waals surface area contributed by atoms with Crippen molar-refractivity contribution in [2.45, 2.75) is 26.1 Å². The normalized spacial score (nSPS) is 12.6. The van der Waals surface area contributed by atoms with Gasteiger partial charge in [-0.15, -0.1) is 0 Å². The number of carbonyl (C=O) groups excluding carboxylic acids is 1. The van der Waals surface area contributed by atoms with Crippen molar-refractivity contribution in [2.24, 2.45) is 10.7 Å². The molecule has 162 valence electrons. The molecule has 0 saturated carbocycles. The summed E-state index contributed by atoms with van der Waals surface area (Å²) in [7, 11) is 0. The summed E-state index contributed by atoms with van der Waals surface area (Å²) in [5.41, 5.74) is 8.06. The number of alkyl halides is 3. The second-order valence-corrected chi connectivity index (χ2v) is 7.11. The maximum atomic E-state index is 12.7. The number of nitrogens with one attached hydrogen (secondary N) is 3. The number of benzene rings is 2. The fraction of sp³-hybridized carbons (Fsp3) is 0.182. The second kappa shape index (κ2) is 8.95. The van der Waals surface area contributed by atoms with E-state index in [-0.39, 0.29) is 11.7 Å². The highest BCUT2D eigenvalue weighted by atomic mass is 19.4. The number of hydrogen-bond acceptors (Lipinski definition) is 3. The number of halogens is 3. The van der Waals surface area contributed by atoms with Crippen molar-refractivity contribution in [1.82, 2.24) is 4.98 Å². The Bertz CT molecular complexity index is 1130. The Hall–Kier alpha value is -3.75. The minimum absolute atomic E-state index is 0.122. The van der Waals surface area contributed by atoms with E-state index in [2.05, 4.69) is 20.6 Å². The Labute approximate surface area is 177 Å². The van der Waals surface area contributed by atoms with E-state index in [0.717, 1.165) is 34.2 Å². The van der Waals surface area contributed by atoms with Gasteiger partial charge in [-0.25, -0.2) is 4.79 Å². The summed E-state index contributed by atoms with van der Waals surface area (Å²) >= 11 is 0. The summed E-state index contributed by atoms with van der Waals surface area (Å²) in [6.07, 6.45) is 0.362. The molecule has 3 rings (SSSR count). The van der Waals surface area contributed by atoms with Crippen molar-refractivity contribution in [2.75, 3.05) is 10.6 Å². The monoisotopic (exact) mass is 429 g/mol. The van der Waals surface area contributed by atoms with Crippen LogP contribution >= 0.6 is 0 Å². The molecule has 0 bridgehead atoms. The van der Waals surface area contributed by atoms with Crippen molar-refractivity contribution in [3.63, 3.8) is 0 Å². The van der Waals surface area contributed by atoms with Gasteiger partial charge in [0.15, 0.2) is 0 Å². The fourth-order valence-electron chi connectivity index (χ4n) is 2.87. The summed E-state index contributed by atoms with van der Waals surface area (Å²) in [6, 6.07) is 9.36. The van der Waals surface area contributed by atoms with Gasteiger partial charge < -0.3 is 21.4 Å². The number of aromatic nitrogens is 1. The van der Waals surface area contributed by atoms with Crippen LogP contribution in [-0.4, -0.2) is 23.3 Å². The molecule has 0 atom stereocenters. The first-order chi connectivity index (χ1) is 14.7. The lowest BCUT2D eigenvalue weighted by molar-refractivity contribution is -0.137. The first-order valence-electron chi connectivity index (χ1n) is 9.49. The molecule has 0 radical (unpaired) electrons. The van der Waals surface area contributed by atoms with E-state index in [0.29, 0.717) is 5.69 Å². The molecule has 2 aromatic carbocycles. The van der Waals surface area contributed by atoms with Gasteiger partial charge >= 0.3 is 12.2 Å². The van der Waals surface area contributed by atoms with Crippen LogP contribution in [0.2, 0.25) is 0 Å². The number of carbonyl (C=O) groups is 1. The molecule has 0 aliphatic heterocycles. The van der Waals surface area contributed by atoms with Crippen LogP contribution in [0.3, 0.4) is 0 Å².